The first-order chi connectivity index (χ1) is 12.1. The predicted octanol–water partition coefficient (Wildman–Crippen LogP) is 2.31. The van der Waals surface area contributed by atoms with Gasteiger partial charge < -0.3 is 4.74 Å². The van der Waals surface area contributed by atoms with E-state index in [1.165, 1.54) is 18.4 Å². The van der Waals surface area contributed by atoms with Gasteiger partial charge in [0.25, 0.3) is 0 Å². The maximum absolute atomic E-state index is 12.5. The van der Waals surface area contributed by atoms with Crippen molar-refractivity contribution >= 4 is 10.0 Å². The van der Waals surface area contributed by atoms with E-state index in [9.17, 15) is 8.42 Å². The highest BCUT2D eigenvalue weighted by Gasteiger charge is 2.39. The van der Waals surface area contributed by atoms with Gasteiger partial charge in [0.1, 0.15) is 0 Å². The molecular formula is C19H28N2O3S. The molecule has 1 N–H and O–H groups in total. The van der Waals surface area contributed by atoms with Crippen molar-refractivity contribution in [3.05, 3.63) is 35.9 Å². The van der Waals surface area contributed by atoms with E-state index >= 15 is 0 Å². The third-order valence-corrected chi connectivity index (χ3v) is 7.47. The van der Waals surface area contributed by atoms with Crippen LogP contribution in [0.15, 0.2) is 30.3 Å². The van der Waals surface area contributed by atoms with Gasteiger partial charge in [0, 0.05) is 25.2 Å². The average Bonchev–Trinajstić information content (AvgIpc) is 3.22. The van der Waals surface area contributed by atoms with Crippen LogP contribution in [0.1, 0.15) is 43.8 Å². The minimum atomic E-state index is -3.17. The van der Waals surface area contributed by atoms with E-state index in [4.69, 9.17) is 4.74 Å². The van der Waals surface area contributed by atoms with Crippen molar-refractivity contribution in [1.29, 1.82) is 0 Å². The molecule has 3 fully saturated rings. The number of rotatable bonds is 5. The summed E-state index contributed by atoms with van der Waals surface area (Å²) in [5.41, 5.74) is 1.20. The first-order valence-electron chi connectivity index (χ1n) is 9.50. The Hall–Kier alpha value is -0.950. The predicted molar refractivity (Wildman–Crippen MR) is 97.8 cm³/mol. The van der Waals surface area contributed by atoms with Crippen LogP contribution in [-0.4, -0.2) is 50.9 Å². The standard InChI is InChI=1S/C19H28N2O3S/c22-25(23,14-15-6-4-5-7-15)20-17-10-18-13-24-19(12-21(18)11-17)16-8-2-1-3-9-16/h1-3,8-9,15,17-20H,4-7,10-14H2/t17-,18+,19-/m1/s1. The lowest BCUT2D eigenvalue weighted by atomic mass is 10.1. The van der Waals surface area contributed by atoms with Crippen molar-refractivity contribution in [2.75, 3.05) is 25.4 Å². The second-order valence-electron chi connectivity index (χ2n) is 7.82. The summed E-state index contributed by atoms with van der Waals surface area (Å²) in [6.45, 7) is 2.32. The first-order valence-corrected chi connectivity index (χ1v) is 11.1. The van der Waals surface area contributed by atoms with Gasteiger partial charge in [-0.05, 0) is 30.7 Å². The third kappa shape index (κ3) is 4.25. The molecule has 1 saturated carbocycles. The number of nitrogens with zero attached hydrogens (tertiary/aromatic N) is 1. The van der Waals surface area contributed by atoms with Gasteiger partial charge in [-0.3, -0.25) is 4.90 Å². The quantitative estimate of drug-likeness (QED) is 0.871. The molecule has 1 aliphatic carbocycles. The molecule has 2 aliphatic heterocycles. The molecule has 0 spiro atoms. The van der Waals surface area contributed by atoms with Crippen molar-refractivity contribution in [2.45, 2.75) is 50.3 Å². The van der Waals surface area contributed by atoms with Crippen molar-refractivity contribution in [3.63, 3.8) is 0 Å². The monoisotopic (exact) mass is 364 g/mol. The molecule has 0 radical (unpaired) electrons. The van der Waals surface area contributed by atoms with Crippen LogP contribution in [0.3, 0.4) is 0 Å². The van der Waals surface area contributed by atoms with Gasteiger partial charge in [-0.1, -0.05) is 43.2 Å². The lowest BCUT2D eigenvalue weighted by Gasteiger charge is -2.35. The summed E-state index contributed by atoms with van der Waals surface area (Å²) in [7, 11) is -3.17. The lowest BCUT2D eigenvalue weighted by molar-refractivity contribution is -0.0502. The fourth-order valence-corrected chi connectivity index (χ4v) is 6.35. The summed E-state index contributed by atoms with van der Waals surface area (Å²) in [6.07, 6.45) is 5.42. The zero-order valence-electron chi connectivity index (χ0n) is 14.6. The zero-order valence-corrected chi connectivity index (χ0v) is 15.5. The number of hydrogen-bond acceptors (Lipinski definition) is 4. The number of nitrogens with one attached hydrogen (secondary N) is 1. The Morgan fingerprint density at radius 2 is 1.88 bits per heavy atom. The number of morpholine rings is 1. The molecule has 0 bridgehead atoms. The maximum atomic E-state index is 12.5. The van der Waals surface area contributed by atoms with Crippen LogP contribution in [0.25, 0.3) is 0 Å². The second-order valence-corrected chi connectivity index (χ2v) is 9.62. The third-order valence-electron chi connectivity index (χ3n) is 5.87. The summed E-state index contributed by atoms with van der Waals surface area (Å²) in [5, 5.41) is 0. The van der Waals surface area contributed by atoms with Crippen molar-refractivity contribution in [2.24, 2.45) is 5.92 Å². The zero-order chi connectivity index (χ0) is 17.3. The van der Waals surface area contributed by atoms with E-state index in [2.05, 4.69) is 21.8 Å². The molecule has 1 aromatic rings. The van der Waals surface area contributed by atoms with Crippen LogP contribution >= 0.6 is 0 Å². The minimum absolute atomic E-state index is 0.0227. The highest BCUT2D eigenvalue weighted by atomic mass is 32.2. The van der Waals surface area contributed by atoms with Gasteiger partial charge in [0.15, 0.2) is 0 Å². The molecule has 25 heavy (non-hydrogen) atoms. The SMILES string of the molecule is O=S(=O)(CC1CCCC1)N[C@@H]1C[C@H]2CO[C@@H](c3ccccc3)CN2C1. The summed E-state index contributed by atoms with van der Waals surface area (Å²) < 4.78 is 34.0. The van der Waals surface area contributed by atoms with Crippen LogP contribution in [-0.2, 0) is 14.8 Å². The Morgan fingerprint density at radius 1 is 1.12 bits per heavy atom. The Balaban J connectivity index is 1.33. The molecule has 0 amide bonds. The second kappa shape index (κ2) is 7.35. The van der Waals surface area contributed by atoms with Crippen molar-refractivity contribution in [1.82, 2.24) is 9.62 Å². The Kier molecular flexibility index (Phi) is 5.13. The fraction of sp³-hybridized carbons (Fsp3) is 0.684. The Labute approximate surface area is 150 Å². The summed E-state index contributed by atoms with van der Waals surface area (Å²) >= 11 is 0. The summed E-state index contributed by atoms with van der Waals surface area (Å²) in [5.74, 6) is 0.657. The molecule has 2 heterocycles. The topological polar surface area (TPSA) is 58.6 Å². The highest BCUT2D eigenvalue weighted by Crippen LogP contribution is 2.31. The van der Waals surface area contributed by atoms with Crippen molar-refractivity contribution in [3.8, 4) is 0 Å². The summed E-state index contributed by atoms with van der Waals surface area (Å²) in [6, 6.07) is 10.6. The molecule has 5 nitrogen and oxygen atoms in total. The Morgan fingerprint density at radius 3 is 2.64 bits per heavy atom. The number of hydrogen-bond donors (Lipinski definition) is 1. The first kappa shape index (κ1) is 17.5. The van der Waals surface area contributed by atoms with E-state index in [0.29, 0.717) is 24.3 Å². The number of sulfonamides is 1. The molecule has 1 aromatic carbocycles. The lowest BCUT2D eigenvalue weighted by Crippen LogP contribution is -2.43. The molecule has 138 valence electrons. The molecular weight excluding hydrogens is 336 g/mol. The van der Waals surface area contributed by atoms with E-state index in [1.54, 1.807) is 0 Å². The molecule has 6 heteroatoms. The van der Waals surface area contributed by atoms with Crippen molar-refractivity contribution < 1.29 is 13.2 Å². The van der Waals surface area contributed by atoms with E-state index < -0.39 is 10.0 Å². The van der Waals surface area contributed by atoms with E-state index in [1.807, 2.05) is 18.2 Å². The normalized spacial score (nSPS) is 31.3. The maximum Gasteiger partial charge on any atom is 0.212 e. The average molecular weight is 365 g/mol. The van der Waals surface area contributed by atoms with Gasteiger partial charge in [0.2, 0.25) is 10.0 Å². The fourth-order valence-electron chi connectivity index (χ4n) is 4.62. The largest absolute Gasteiger partial charge is 0.371 e. The van der Waals surface area contributed by atoms with Gasteiger partial charge >= 0.3 is 0 Å². The van der Waals surface area contributed by atoms with Crippen LogP contribution in [0.5, 0.6) is 0 Å². The van der Waals surface area contributed by atoms with E-state index in [0.717, 1.165) is 32.4 Å². The van der Waals surface area contributed by atoms with Gasteiger partial charge in [-0.15, -0.1) is 0 Å². The van der Waals surface area contributed by atoms with Gasteiger partial charge in [-0.2, -0.15) is 0 Å². The highest BCUT2D eigenvalue weighted by molar-refractivity contribution is 7.89. The smallest absolute Gasteiger partial charge is 0.212 e. The number of benzene rings is 1. The van der Waals surface area contributed by atoms with Gasteiger partial charge in [0.05, 0.1) is 18.5 Å². The van der Waals surface area contributed by atoms with Crippen LogP contribution in [0.2, 0.25) is 0 Å². The molecule has 0 unspecified atom stereocenters. The molecule has 3 atom stereocenters. The molecule has 4 rings (SSSR count). The molecule has 0 aromatic heterocycles. The number of ether oxygens (including phenoxy) is 1. The van der Waals surface area contributed by atoms with Gasteiger partial charge in [-0.25, -0.2) is 13.1 Å². The number of fused-ring (bicyclic) bond motifs is 1. The van der Waals surface area contributed by atoms with E-state index in [-0.39, 0.29) is 12.1 Å². The Bertz CT molecular complexity index is 673. The molecule has 3 aliphatic rings. The van der Waals surface area contributed by atoms with Crippen LogP contribution < -0.4 is 4.72 Å². The minimum Gasteiger partial charge on any atom is -0.371 e. The van der Waals surface area contributed by atoms with Crippen LogP contribution in [0.4, 0.5) is 0 Å². The molecule has 2 saturated heterocycles. The van der Waals surface area contributed by atoms with Crippen LogP contribution in [0, 0.1) is 5.92 Å². The summed E-state index contributed by atoms with van der Waals surface area (Å²) in [4.78, 5) is 2.39.